The van der Waals surface area contributed by atoms with Gasteiger partial charge in [0.05, 0.1) is 12.4 Å². The first-order valence-electron chi connectivity index (χ1n) is 6.92. The molecule has 1 aromatic carbocycles. The van der Waals surface area contributed by atoms with Crippen molar-refractivity contribution >= 4 is 17.5 Å². The number of hydrogen-bond donors (Lipinski definition) is 2. The van der Waals surface area contributed by atoms with Gasteiger partial charge in [0.15, 0.2) is 0 Å². The first-order chi connectivity index (χ1) is 10.1. The summed E-state index contributed by atoms with van der Waals surface area (Å²) in [6.45, 7) is 3.17. The summed E-state index contributed by atoms with van der Waals surface area (Å²) in [7, 11) is 0. The van der Waals surface area contributed by atoms with E-state index in [0.717, 1.165) is 12.0 Å². The van der Waals surface area contributed by atoms with Crippen LogP contribution in [0.25, 0.3) is 0 Å². The maximum absolute atomic E-state index is 12.2. The lowest BCUT2D eigenvalue weighted by Crippen LogP contribution is -2.28. The summed E-state index contributed by atoms with van der Waals surface area (Å²) < 4.78 is 1.80. The van der Waals surface area contributed by atoms with Crippen molar-refractivity contribution < 1.29 is 4.79 Å². The lowest BCUT2D eigenvalue weighted by molar-refractivity contribution is 0.0931. The van der Waals surface area contributed by atoms with Gasteiger partial charge < -0.3 is 15.6 Å². The lowest BCUT2D eigenvalue weighted by atomic mass is 10.0. The fourth-order valence-electron chi connectivity index (χ4n) is 2.13. The largest absolute Gasteiger partial charge is 0.344 e. The quantitative estimate of drug-likeness (QED) is 0.860. The molecule has 0 aliphatic heterocycles. The monoisotopic (exact) mass is 306 g/mol. The second-order valence-electron chi connectivity index (χ2n) is 4.77. The zero-order valence-electron chi connectivity index (χ0n) is 11.9. The number of benzene rings is 1. The van der Waals surface area contributed by atoms with E-state index in [-0.39, 0.29) is 11.9 Å². The summed E-state index contributed by atoms with van der Waals surface area (Å²) in [4.78, 5) is 16.3. The number of nitrogens with zero attached hydrogens (tertiary/aromatic N) is 2. The van der Waals surface area contributed by atoms with Crippen LogP contribution in [-0.2, 0) is 6.54 Å². The Morgan fingerprint density at radius 2 is 2.33 bits per heavy atom. The van der Waals surface area contributed by atoms with Crippen LogP contribution < -0.4 is 11.1 Å². The van der Waals surface area contributed by atoms with Gasteiger partial charge in [0, 0.05) is 24.3 Å². The third kappa shape index (κ3) is 4.06. The normalized spacial score (nSPS) is 12.1. The third-order valence-electron chi connectivity index (χ3n) is 3.22. The van der Waals surface area contributed by atoms with Gasteiger partial charge in [-0.2, -0.15) is 0 Å². The van der Waals surface area contributed by atoms with Crippen molar-refractivity contribution in [2.45, 2.75) is 25.9 Å². The van der Waals surface area contributed by atoms with Crippen molar-refractivity contribution in [2.75, 3.05) is 6.54 Å². The number of nitrogens with one attached hydrogen (secondary N) is 1. The highest BCUT2D eigenvalue weighted by atomic mass is 35.5. The predicted octanol–water partition coefficient (Wildman–Crippen LogP) is 2.38. The summed E-state index contributed by atoms with van der Waals surface area (Å²) in [5, 5.41) is 3.64. The average Bonchev–Trinajstić information content (AvgIpc) is 2.93. The van der Waals surface area contributed by atoms with Crippen molar-refractivity contribution in [3.8, 4) is 0 Å². The van der Waals surface area contributed by atoms with Crippen LogP contribution in [0.2, 0.25) is 5.02 Å². The van der Waals surface area contributed by atoms with E-state index >= 15 is 0 Å². The molecule has 6 heteroatoms. The van der Waals surface area contributed by atoms with Gasteiger partial charge in [0.1, 0.15) is 5.69 Å². The number of hydrogen-bond acceptors (Lipinski definition) is 3. The fraction of sp³-hybridized carbons (Fsp3) is 0.333. The van der Waals surface area contributed by atoms with Gasteiger partial charge in [-0.05, 0) is 24.1 Å². The topological polar surface area (TPSA) is 72.9 Å². The van der Waals surface area contributed by atoms with E-state index < -0.39 is 0 Å². The maximum Gasteiger partial charge on any atom is 0.271 e. The Morgan fingerprint density at radius 3 is 3.00 bits per heavy atom. The number of rotatable bonds is 6. The molecule has 0 aliphatic rings. The Balaban J connectivity index is 2.08. The zero-order valence-corrected chi connectivity index (χ0v) is 12.7. The molecule has 0 fully saturated rings. The average molecular weight is 307 g/mol. The Hall–Kier alpha value is -1.85. The number of carbonyl (C=O) groups is 1. The molecule has 21 heavy (non-hydrogen) atoms. The molecule has 3 N–H and O–H groups in total. The smallest absolute Gasteiger partial charge is 0.271 e. The number of amides is 1. The van der Waals surface area contributed by atoms with Crippen molar-refractivity contribution in [3.05, 3.63) is 53.1 Å². The molecule has 1 unspecified atom stereocenters. The molecule has 1 heterocycles. The van der Waals surface area contributed by atoms with E-state index in [1.807, 2.05) is 31.2 Å². The van der Waals surface area contributed by atoms with E-state index in [1.54, 1.807) is 17.1 Å². The molecule has 112 valence electrons. The van der Waals surface area contributed by atoms with Crippen molar-refractivity contribution in [3.63, 3.8) is 0 Å². The highest BCUT2D eigenvalue weighted by Crippen LogP contribution is 2.20. The van der Waals surface area contributed by atoms with Gasteiger partial charge in [-0.15, -0.1) is 0 Å². The third-order valence-corrected chi connectivity index (χ3v) is 3.45. The molecule has 2 aromatic rings. The minimum Gasteiger partial charge on any atom is -0.344 e. The Kier molecular flexibility index (Phi) is 5.36. The molecule has 0 aliphatic carbocycles. The van der Waals surface area contributed by atoms with Gasteiger partial charge in [0.2, 0.25) is 0 Å². The second kappa shape index (κ2) is 7.24. The van der Waals surface area contributed by atoms with Gasteiger partial charge in [0.25, 0.3) is 5.91 Å². The van der Waals surface area contributed by atoms with Crippen LogP contribution in [0, 0.1) is 0 Å². The zero-order chi connectivity index (χ0) is 15.2. The predicted molar refractivity (Wildman–Crippen MR) is 83.2 cm³/mol. The van der Waals surface area contributed by atoms with E-state index in [4.69, 9.17) is 17.3 Å². The number of nitrogens with two attached hydrogens (primary N) is 1. The number of imidazole rings is 1. The molecular weight excluding hydrogens is 288 g/mol. The van der Waals surface area contributed by atoms with E-state index in [9.17, 15) is 4.79 Å². The molecule has 0 saturated heterocycles. The number of carbonyl (C=O) groups excluding carboxylic acids is 1. The summed E-state index contributed by atoms with van der Waals surface area (Å²) in [6.07, 6.45) is 4.09. The Morgan fingerprint density at radius 1 is 1.52 bits per heavy atom. The van der Waals surface area contributed by atoms with Gasteiger partial charge in [-0.3, -0.25) is 4.79 Å². The molecule has 0 bridgehead atoms. The van der Waals surface area contributed by atoms with Crippen LogP contribution in [0.4, 0.5) is 0 Å². The minimum absolute atomic E-state index is 0.0872. The van der Waals surface area contributed by atoms with Crippen molar-refractivity contribution in [1.82, 2.24) is 14.9 Å². The van der Waals surface area contributed by atoms with Gasteiger partial charge in [-0.25, -0.2) is 4.98 Å². The first kappa shape index (κ1) is 15.5. The van der Waals surface area contributed by atoms with Crippen LogP contribution in [0.1, 0.15) is 35.4 Å². The van der Waals surface area contributed by atoms with Crippen LogP contribution >= 0.6 is 11.6 Å². The first-order valence-corrected chi connectivity index (χ1v) is 7.30. The molecule has 1 amide bonds. The molecular formula is C15H19ClN4O. The van der Waals surface area contributed by atoms with Crippen LogP contribution in [-0.4, -0.2) is 22.0 Å². The molecule has 2 rings (SSSR count). The Labute approximate surface area is 129 Å². The summed E-state index contributed by atoms with van der Waals surface area (Å²) in [6, 6.07) is 7.42. The fourth-order valence-corrected chi connectivity index (χ4v) is 2.32. The highest BCUT2D eigenvalue weighted by molar-refractivity contribution is 6.30. The number of aromatic nitrogens is 2. The lowest BCUT2D eigenvalue weighted by Gasteiger charge is -2.17. The van der Waals surface area contributed by atoms with Gasteiger partial charge >= 0.3 is 0 Å². The SMILES string of the molecule is CCC(NC(=O)c1cn(CCN)cn1)c1cccc(Cl)c1. The van der Waals surface area contributed by atoms with Crippen LogP contribution in [0.3, 0.4) is 0 Å². The minimum atomic E-state index is -0.197. The molecule has 1 aromatic heterocycles. The Bertz CT molecular complexity index is 611. The van der Waals surface area contributed by atoms with E-state index in [1.165, 1.54) is 0 Å². The number of halogens is 1. The summed E-state index contributed by atoms with van der Waals surface area (Å²) in [5.74, 6) is -0.197. The standard InChI is InChI=1S/C15H19ClN4O/c1-2-13(11-4-3-5-12(16)8-11)19-15(21)14-9-20(7-6-17)10-18-14/h3-5,8-10,13H,2,6-7,17H2,1H3,(H,19,21). The molecule has 0 saturated carbocycles. The molecule has 1 atom stereocenters. The molecule has 0 spiro atoms. The van der Waals surface area contributed by atoms with Crippen LogP contribution in [0.5, 0.6) is 0 Å². The van der Waals surface area contributed by atoms with Crippen LogP contribution in [0.15, 0.2) is 36.8 Å². The van der Waals surface area contributed by atoms with Crippen molar-refractivity contribution in [1.29, 1.82) is 0 Å². The van der Waals surface area contributed by atoms with Gasteiger partial charge in [-0.1, -0.05) is 30.7 Å². The van der Waals surface area contributed by atoms with E-state index in [0.29, 0.717) is 23.8 Å². The second-order valence-corrected chi connectivity index (χ2v) is 5.21. The maximum atomic E-state index is 12.2. The van der Waals surface area contributed by atoms with E-state index in [2.05, 4.69) is 10.3 Å². The molecule has 0 radical (unpaired) electrons. The summed E-state index contributed by atoms with van der Waals surface area (Å²) >= 11 is 6.00. The molecule has 5 nitrogen and oxygen atoms in total. The highest BCUT2D eigenvalue weighted by Gasteiger charge is 2.16. The van der Waals surface area contributed by atoms with Crippen molar-refractivity contribution in [2.24, 2.45) is 5.73 Å². The summed E-state index contributed by atoms with van der Waals surface area (Å²) in [5.41, 5.74) is 6.86.